The molecule has 1 aromatic rings. The molecule has 1 aliphatic carbocycles. The standard InChI is InChI=1S/C10H11NO2/c11-10(9(12)13)6-8(10)7-4-2-1-3-5-7/h1-5,8H,6,11H2,(H,12,13)/t8-,10-/m1/s1/i6D2. The highest BCUT2D eigenvalue weighted by Gasteiger charge is 2.58. The minimum atomic E-state index is -1.87. The van der Waals surface area contributed by atoms with E-state index in [9.17, 15) is 4.79 Å². The van der Waals surface area contributed by atoms with Crippen LogP contribution in [-0.2, 0) is 4.79 Å². The number of nitrogens with two attached hydrogens (primary N) is 1. The van der Waals surface area contributed by atoms with E-state index in [0.717, 1.165) is 0 Å². The minimum absolute atomic E-state index is 0.632. The van der Waals surface area contributed by atoms with Crippen LogP contribution in [-0.4, -0.2) is 16.6 Å². The van der Waals surface area contributed by atoms with Crippen molar-refractivity contribution in [2.24, 2.45) is 5.73 Å². The fourth-order valence-corrected chi connectivity index (χ4v) is 1.37. The molecular formula is C10H11NO2. The molecule has 2 atom stereocenters. The zero-order valence-corrected chi connectivity index (χ0v) is 6.90. The summed E-state index contributed by atoms with van der Waals surface area (Å²) in [5.74, 6) is -2.05. The monoisotopic (exact) mass is 179 g/mol. The highest BCUT2D eigenvalue weighted by atomic mass is 16.4. The maximum atomic E-state index is 10.9. The number of aliphatic carboxylic acids is 1. The van der Waals surface area contributed by atoms with E-state index in [1.165, 1.54) is 0 Å². The van der Waals surface area contributed by atoms with Crippen LogP contribution >= 0.6 is 0 Å². The number of carboxylic acid groups (broad SMARTS) is 1. The van der Waals surface area contributed by atoms with Gasteiger partial charge in [-0.1, -0.05) is 30.3 Å². The molecule has 0 unspecified atom stereocenters. The fourth-order valence-electron chi connectivity index (χ4n) is 1.37. The summed E-state index contributed by atoms with van der Waals surface area (Å²) < 4.78 is 15.2. The molecule has 1 saturated carbocycles. The molecule has 1 aliphatic rings. The smallest absolute Gasteiger partial charge is 0.324 e. The molecule has 68 valence electrons. The lowest BCUT2D eigenvalue weighted by Crippen LogP contribution is -2.34. The van der Waals surface area contributed by atoms with E-state index in [1.807, 2.05) is 0 Å². The Balaban J connectivity index is 2.39. The Bertz CT molecular complexity index is 407. The lowest BCUT2D eigenvalue weighted by Gasteiger charge is -2.04. The summed E-state index contributed by atoms with van der Waals surface area (Å²) in [6.45, 7) is 0. The zero-order chi connectivity index (χ0) is 11.3. The van der Waals surface area contributed by atoms with Crippen molar-refractivity contribution in [1.82, 2.24) is 0 Å². The summed E-state index contributed by atoms with van der Waals surface area (Å²) in [6, 6.07) is 8.67. The van der Waals surface area contributed by atoms with Gasteiger partial charge in [-0.3, -0.25) is 4.79 Å². The van der Waals surface area contributed by atoms with Gasteiger partial charge >= 0.3 is 5.97 Å². The van der Waals surface area contributed by atoms with Gasteiger partial charge in [0.2, 0.25) is 0 Å². The highest BCUT2D eigenvalue weighted by Crippen LogP contribution is 2.49. The Morgan fingerprint density at radius 1 is 1.62 bits per heavy atom. The molecule has 0 aliphatic heterocycles. The van der Waals surface area contributed by atoms with Crippen molar-refractivity contribution in [2.75, 3.05) is 0 Å². The van der Waals surface area contributed by atoms with Crippen molar-refractivity contribution in [3.05, 3.63) is 35.9 Å². The van der Waals surface area contributed by atoms with Crippen LogP contribution in [0.4, 0.5) is 0 Å². The lowest BCUT2D eigenvalue weighted by molar-refractivity contribution is -0.139. The number of rotatable bonds is 2. The van der Waals surface area contributed by atoms with Gasteiger partial charge in [-0.2, -0.15) is 0 Å². The van der Waals surface area contributed by atoms with Gasteiger partial charge < -0.3 is 10.8 Å². The first-order valence-electron chi connectivity index (χ1n) is 4.99. The average Bonchev–Trinajstić information content (AvgIpc) is 2.64. The lowest BCUT2D eigenvalue weighted by atomic mass is 10.1. The second-order valence-corrected chi connectivity index (χ2v) is 3.16. The van der Waals surface area contributed by atoms with E-state index in [-0.39, 0.29) is 0 Å². The number of hydrogen-bond acceptors (Lipinski definition) is 2. The average molecular weight is 179 g/mol. The van der Waals surface area contributed by atoms with E-state index in [4.69, 9.17) is 13.6 Å². The van der Waals surface area contributed by atoms with Crippen LogP contribution in [0.1, 0.15) is 20.6 Å². The van der Waals surface area contributed by atoms with E-state index in [0.29, 0.717) is 5.56 Å². The predicted molar refractivity (Wildman–Crippen MR) is 48.4 cm³/mol. The van der Waals surface area contributed by atoms with Crippen molar-refractivity contribution in [1.29, 1.82) is 0 Å². The molecule has 0 amide bonds. The molecule has 1 fully saturated rings. The van der Waals surface area contributed by atoms with Gasteiger partial charge in [0.25, 0.3) is 0 Å². The van der Waals surface area contributed by atoms with Crippen molar-refractivity contribution < 1.29 is 12.6 Å². The van der Waals surface area contributed by atoms with Crippen molar-refractivity contribution in [3.8, 4) is 0 Å². The van der Waals surface area contributed by atoms with Gasteiger partial charge in [-0.15, -0.1) is 0 Å². The Kier molecular flexibility index (Phi) is 1.22. The summed E-state index contributed by atoms with van der Waals surface area (Å²) >= 11 is 0. The van der Waals surface area contributed by atoms with Gasteiger partial charge in [-0.05, 0) is 11.9 Å². The summed E-state index contributed by atoms with van der Waals surface area (Å²) in [5, 5.41) is 8.91. The van der Waals surface area contributed by atoms with E-state index < -0.39 is 23.8 Å². The molecule has 3 nitrogen and oxygen atoms in total. The Morgan fingerprint density at radius 2 is 2.23 bits per heavy atom. The molecule has 2 rings (SSSR count). The first-order valence-corrected chi connectivity index (χ1v) is 3.99. The maximum Gasteiger partial charge on any atom is 0.324 e. The van der Waals surface area contributed by atoms with E-state index in [2.05, 4.69) is 0 Å². The van der Waals surface area contributed by atoms with Crippen LogP contribution in [0.3, 0.4) is 0 Å². The quantitative estimate of drug-likeness (QED) is 0.710. The molecular weight excluding hydrogens is 166 g/mol. The van der Waals surface area contributed by atoms with E-state index in [1.54, 1.807) is 30.3 Å². The molecule has 0 saturated heterocycles. The molecule has 0 radical (unpaired) electrons. The van der Waals surface area contributed by atoms with Crippen LogP contribution in [0, 0.1) is 0 Å². The van der Waals surface area contributed by atoms with Crippen LogP contribution in [0.25, 0.3) is 0 Å². The molecule has 13 heavy (non-hydrogen) atoms. The second kappa shape index (κ2) is 2.57. The van der Waals surface area contributed by atoms with Crippen molar-refractivity contribution in [2.45, 2.75) is 17.8 Å². The molecule has 0 spiro atoms. The Morgan fingerprint density at radius 3 is 2.69 bits per heavy atom. The molecule has 1 aromatic carbocycles. The largest absolute Gasteiger partial charge is 0.480 e. The van der Waals surface area contributed by atoms with Crippen LogP contribution in [0.5, 0.6) is 0 Å². The van der Waals surface area contributed by atoms with Gasteiger partial charge in [0.15, 0.2) is 0 Å². The van der Waals surface area contributed by atoms with Crippen molar-refractivity contribution >= 4 is 5.97 Å². The second-order valence-electron chi connectivity index (χ2n) is 3.16. The topological polar surface area (TPSA) is 63.3 Å². The normalized spacial score (nSPS) is 37.5. The first-order chi connectivity index (χ1) is 6.92. The first kappa shape index (κ1) is 6.16. The maximum absolute atomic E-state index is 10.9. The minimum Gasteiger partial charge on any atom is -0.480 e. The van der Waals surface area contributed by atoms with Gasteiger partial charge in [0.1, 0.15) is 5.54 Å². The molecule has 0 heterocycles. The Labute approximate surface area is 79.0 Å². The highest BCUT2D eigenvalue weighted by molar-refractivity contribution is 5.84. The third-order valence-corrected chi connectivity index (χ3v) is 2.24. The summed E-state index contributed by atoms with van der Waals surface area (Å²) in [7, 11) is 0. The summed E-state index contributed by atoms with van der Waals surface area (Å²) in [5.41, 5.74) is 4.42. The summed E-state index contributed by atoms with van der Waals surface area (Å²) in [6.07, 6.45) is -1.87. The molecule has 0 aromatic heterocycles. The number of carbonyl (C=O) groups is 1. The number of benzene rings is 1. The molecule has 3 heteroatoms. The van der Waals surface area contributed by atoms with Crippen LogP contribution in [0.15, 0.2) is 30.3 Å². The molecule has 0 bridgehead atoms. The van der Waals surface area contributed by atoms with Crippen LogP contribution in [0.2, 0.25) is 0 Å². The van der Waals surface area contributed by atoms with Crippen LogP contribution < -0.4 is 5.73 Å². The van der Waals surface area contributed by atoms with E-state index >= 15 is 0 Å². The number of hydrogen-bond donors (Lipinski definition) is 2. The third kappa shape index (κ3) is 1.21. The van der Waals surface area contributed by atoms with Gasteiger partial charge in [0, 0.05) is 8.66 Å². The van der Waals surface area contributed by atoms with Gasteiger partial charge in [0.05, 0.1) is 0 Å². The summed E-state index contributed by atoms with van der Waals surface area (Å²) in [4.78, 5) is 10.9. The zero-order valence-electron chi connectivity index (χ0n) is 8.90. The third-order valence-electron chi connectivity index (χ3n) is 2.24. The Hall–Kier alpha value is -1.35. The fraction of sp³-hybridized carbons (Fsp3) is 0.300. The van der Waals surface area contributed by atoms with Crippen molar-refractivity contribution in [3.63, 3.8) is 0 Å². The van der Waals surface area contributed by atoms with Gasteiger partial charge in [-0.25, -0.2) is 0 Å². The predicted octanol–water partition coefficient (Wildman–Crippen LogP) is 0.956. The molecule has 3 N–H and O–H groups in total. The SMILES string of the molecule is [2H]C1([2H])[C@H](c2ccccc2)[C@@]1(N)C(=O)O. The number of carboxylic acids is 1.